The van der Waals surface area contributed by atoms with E-state index in [-0.39, 0.29) is 11.8 Å². The van der Waals surface area contributed by atoms with Crippen LogP contribution >= 0.6 is 15.9 Å². The van der Waals surface area contributed by atoms with E-state index in [2.05, 4.69) is 21.2 Å². The highest BCUT2D eigenvalue weighted by Crippen LogP contribution is 2.25. The monoisotopic (exact) mass is 343 g/mol. The SMILES string of the molecule is COC(=O)C(NC1CCCCC1)c1ccc(Br)c(F)c1. The average Bonchev–Trinajstić information content (AvgIpc) is 2.48. The van der Waals surface area contributed by atoms with Gasteiger partial charge < -0.3 is 4.74 Å². The van der Waals surface area contributed by atoms with Crippen molar-refractivity contribution < 1.29 is 13.9 Å². The molecular weight excluding hydrogens is 325 g/mol. The summed E-state index contributed by atoms with van der Waals surface area (Å²) in [5, 5.41) is 3.31. The van der Waals surface area contributed by atoms with Crippen LogP contribution in [0.5, 0.6) is 0 Å². The van der Waals surface area contributed by atoms with Crippen molar-refractivity contribution in [1.82, 2.24) is 5.32 Å². The molecule has 2 rings (SSSR count). The zero-order valence-corrected chi connectivity index (χ0v) is 13.1. The Morgan fingerprint density at radius 3 is 2.70 bits per heavy atom. The van der Waals surface area contributed by atoms with Crippen LogP contribution in [0.4, 0.5) is 4.39 Å². The number of esters is 1. The van der Waals surface area contributed by atoms with E-state index in [1.165, 1.54) is 32.4 Å². The highest BCUT2D eigenvalue weighted by molar-refractivity contribution is 9.10. The van der Waals surface area contributed by atoms with E-state index in [0.717, 1.165) is 12.8 Å². The van der Waals surface area contributed by atoms with Crippen LogP contribution < -0.4 is 5.32 Å². The van der Waals surface area contributed by atoms with Gasteiger partial charge in [0.15, 0.2) is 0 Å². The number of hydrogen-bond acceptors (Lipinski definition) is 3. The molecule has 1 unspecified atom stereocenters. The summed E-state index contributed by atoms with van der Waals surface area (Å²) in [6, 6.07) is 4.42. The number of ether oxygens (including phenoxy) is 1. The van der Waals surface area contributed by atoms with Gasteiger partial charge in [0.25, 0.3) is 0 Å². The molecule has 1 aromatic carbocycles. The van der Waals surface area contributed by atoms with Gasteiger partial charge in [-0.25, -0.2) is 9.18 Å². The van der Waals surface area contributed by atoms with Crippen LogP contribution in [0.2, 0.25) is 0 Å². The molecule has 0 saturated heterocycles. The second-order valence-electron chi connectivity index (χ2n) is 5.13. The number of rotatable bonds is 4. The van der Waals surface area contributed by atoms with Crippen LogP contribution in [0, 0.1) is 5.82 Å². The summed E-state index contributed by atoms with van der Waals surface area (Å²) >= 11 is 3.12. The maximum atomic E-state index is 13.7. The molecule has 0 aliphatic heterocycles. The Morgan fingerprint density at radius 1 is 1.40 bits per heavy atom. The lowest BCUT2D eigenvalue weighted by Crippen LogP contribution is -2.38. The maximum absolute atomic E-state index is 13.7. The second kappa shape index (κ2) is 7.18. The summed E-state index contributed by atoms with van der Waals surface area (Å²) in [7, 11) is 1.35. The molecule has 1 aliphatic rings. The number of methoxy groups -OCH3 is 1. The molecule has 0 heterocycles. The summed E-state index contributed by atoms with van der Waals surface area (Å²) in [6.07, 6.45) is 5.67. The third-order valence-electron chi connectivity index (χ3n) is 3.72. The number of benzene rings is 1. The van der Waals surface area contributed by atoms with Crippen LogP contribution in [0.3, 0.4) is 0 Å². The smallest absolute Gasteiger partial charge is 0.327 e. The molecule has 1 aliphatic carbocycles. The van der Waals surface area contributed by atoms with Crippen molar-refractivity contribution in [2.75, 3.05) is 7.11 Å². The molecular formula is C15H19BrFNO2. The molecule has 1 fully saturated rings. The molecule has 1 N–H and O–H groups in total. The van der Waals surface area contributed by atoms with Crippen LogP contribution in [0.25, 0.3) is 0 Å². The maximum Gasteiger partial charge on any atom is 0.327 e. The Morgan fingerprint density at radius 2 is 2.10 bits per heavy atom. The highest BCUT2D eigenvalue weighted by Gasteiger charge is 2.26. The largest absolute Gasteiger partial charge is 0.468 e. The van der Waals surface area contributed by atoms with E-state index in [4.69, 9.17) is 4.74 Å². The van der Waals surface area contributed by atoms with Crippen molar-refractivity contribution in [2.24, 2.45) is 0 Å². The first-order valence-electron chi connectivity index (χ1n) is 6.90. The van der Waals surface area contributed by atoms with Crippen LogP contribution in [0.15, 0.2) is 22.7 Å². The molecule has 3 nitrogen and oxygen atoms in total. The molecule has 0 spiro atoms. The topological polar surface area (TPSA) is 38.3 Å². The third kappa shape index (κ3) is 3.79. The van der Waals surface area contributed by atoms with Crippen molar-refractivity contribution in [3.8, 4) is 0 Å². The molecule has 1 saturated carbocycles. The zero-order valence-electron chi connectivity index (χ0n) is 11.5. The summed E-state index contributed by atoms with van der Waals surface area (Å²) in [5.41, 5.74) is 0.600. The first kappa shape index (κ1) is 15.4. The van der Waals surface area contributed by atoms with E-state index in [1.807, 2.05) is 0 Å². The standard InChI is InChI=1S/C15H19BrFNO2/c1-20-15(19)14(18-11-5-3-2-4-6-11)10-7-8-12(16)13(17)9-10/h7-9,11,14,18H,2-6H2,1H3. The fourth-order valence-electron chi connectivity index (χ4n) is 2.62. The molecule has 20 heavy (non-hydrogen) atoms. The molecule has 0 aromatic heterocycles. The second-order valence-corrected chi connectivity index (χ2v) is 5.99. The lowest BCUT2D eigenvalue weighted by Gasteiger charge is -2.27. The van der Waals surface area contributed by atoms with Crippen LogP contribution in [-0.4, -0.2) is 19.1 Å². The summed E-state index contributed by atoms with van der Waals surface area (Å²) in [6.45, 7) is 0. The number of nitrogens with one attached hydrogen (secondary N) is 1. The molecule has 5 heteroatoms. The Labute approximate surface area is 127 Å². The molecule has 1 atom stereocenters. The van der Waals surface area contributed by atoms with E-state index >= 15 is 0 Å². The van der Waals surface area contributed by atoms with Gasteiger partial charge in [0.2, 0.25) is 0 Å². The molecule has 110 valence electrons. The fraction of sp³-hybridized carbons (Fsp3) is 0.533. The number of halogens is 2. The Balaban J connectivity index is 2.17. The quantitative estimate of drug-likeness (QED) is 0.846. The minimum atomic E-state index is -0.606. The van der Waals surface area contributed by atoms with Crippen molar-refractivity contribution in [3.63, 3.8) is 0 Å². The fourth-order valence-corrected chi connectivity index (χ4v) is 2.86. The van der Waals surface area contributed by atoms with Crippen molar-refractivity contribution in [3.05, 3.63) is 34.1 Å². The Bertz CT molecular complexity index is 475. The minimum absolute atomic E-state index is 0.291. The predicted molar refractivity (Wildman–Crippen MR) is 78.9 cm³/mol. The van der Waals surface area contributed by atoms with Gasteiger partial charge in [0.1, 0.15) is 11.9 Å². The third-order valence-corrected chi connectivity index (χ3v) is 4.36. The average molecular weight is 344 g/mol. The van der Waals surface area contributed by atoms with Crippen molar-refractivity contribution >= 4 is 21.9 Å². The van der Waals surface area contributed by atoms with Crippen molar-refractivity contribution in [2.45, 2.75) is 44.2 Å². The molecule has 0 bridgehead atoms. The van der Waals surface area contributed by atoms with Gasteiger partial charge in [0, 0.05) is 6.04 Å². The molecule has 1 aromatic rings. The normalized spacial score (nSPS) is 17.8. The van der Waals surface area contributed by atoms with Gasteiger partial charge in [-0.3, -0.25) is 5.32 Å². The van der Waals surface area contributed by atoms with Crippen LogP contribution in [0.1, 0.15) is 43.7 Å². The summed E-state index contributed by atoms with van der Waals surface area (Å²) in [5.74, 6) is -0.751. The molecule has 0 radical (unpaired) electrons. The first-order chi connectivity index (χ1) is 9.61. The molecule has 0 amide bonds. The van der Waals surface area contributed by atoms with Gasteiger partial charge in [0.05, 0.1) is 11.6 Å². The summed E-state index contributed by atoms with van der Waals surface area (Å²) < 4.78 is 18.9. The van der Waals surface area contributed by atoms with E-state index in [0.29, 0.717) is 16.1 Å². The van der Waals surface area contributed by atoms with Gasteiger partial charge in [-0.05, 0) is 46.5 Å². The zero-order chi connectivity index (χ0) is 14.5. The Kier molecular flexibility index (Phi) is 5.54. The van der Waals surface area contributed by atoms with Gasteiger partial charge in [-0.2, -0.15) is 0 Å². The first-order valence-corrected chi connectivity index (χ1v) is 7.70. The Hall–Kier alpha value is -0.940. The van der Waals surface area contributed by atoms with E-state index in [9.17, 15) is 9.18 Å². The lowest BCUT2D eigenvalue weighted by molar-refractivity contribution is -0.143. The minimum Gasteiger partial charge on any atom is -0.468 e. The van der Waals surface area contributed by atoms with Crippen LogP contribution in [-0.2, 0) is 9.53 Å². The van der Waals surface area contributed by atoms with E-state index < -0.39 is 6.04 Å². The van der Waals surface area contributed by atoms with Gasteiger partial charge >= 0.3 is 5.97 Å². The highest BCUT2D eigenvalue weighted by atomic mass is 79.9. The predicted octanol–water partition coefficient (Wildman–Crippen LogP) is 3.72. The lowest BCUT2D eigenvalue weighted by atomic mass is 9.94. The van der Waals surface area contributed by atoms with Gasteiger partial charge in [-0.15, -0.1) is 0 Å². The van der Waals surface area contributed by atoms with E-state index in [1.54, 1.807) is 12.1 Å². The van der Waals surface area contributed by atoms with Crippen molar-refractivity contribution in [1.29, 1.82) is 0 Å². The van der Waals surface area contributed by atoms with Gasteiger partial charge in [-0.1, -0.05) is 25.3 Å². The number of hydrogen-bond donors (Lipinski definition) is 1. The number of carbonyl (C=O) groups is 1. The summed E-state index contributed by atoms with van der Waals surface area (Å²) in [4.78, 5) is 12.0. The number of carbonyl (C=O) groups excluding carboxylic acids is 1.